The van der Waals surface area contributed by atoms with E-state index in [9.17, 15) is 14.7 Å². The van der Waals surface area contributed by atoms with Crippen molar-refractivity contribution < 1.29 is 19.4 Å². The van der Waals surface area contributed by atoms with Crippen LogP contribution in [0.2, 0.25) is 0 Å². The molecule has 1 aliphatic rings. The average molecular weight is 444 g/mol. The molecule has 33 heavy (non-hydrogen) atoms. The number of ketones is 1. The third-order valence-electron chi connectivity index (χ3n) is 6.06. The Balaban J connectivity index is 1.45. The fraction of sp³-hybridized carbons (Fsp3) is 0.286. The Morgan fingerprint density at radius 3 is 2.36 bits per heavy atom. The number of nitrogens with zero attached hydrogens (tertiary/aromatic N) is 1. The maximum absolute atomic E-state index is 12.8. The van der Waals surface area contributed by atoms with Crippen LogP contribution in [0.15, 0.2) is 72.8 Å². The summed E-state index contributed by atoms with van der Waals surface area (Å²) in [6.45, 7) is 2.98. The molecule has 1 aliphatic heterocycles. The van der Waals surface area contributed by atoms with Gasteiger partial charge in [0.1, 0.15) is 0 Å². The molecule has 0 bridgehead atoms. The van der Waals surface area contributed by atoms with Crippen molar-refractivity contribution in [1.82, 2.24) is 0 Å². The van der Waals surface area contributed by atoms with Crippen molar-refractivity contribution in [2.45, 2.75) is 38.7 Å². The number of benzene rings is 3. The standard InChI is InChI=1S/C28H29NO4/c1-2-33-27(28(31)32)18-21-15-13-20(14-16-21)8-7-17-29-24-11-5-3-9-22(24)19-26(30)23-10-4-6-12-25(23)29/h3-6,9-16,27H,2,7-8,17-19H2,1H3,(H,31,32). The third-order valence-corrected chi connectivity index (χ3v) is 6.06. The number of carboxylic acid groups (broad SMARTS) is 1. The molecule has 3 aromatic rings. The van der Waals surface area contributed by atoms with Gasteiger partial charge >= 0.3 is 5.97 Å². The summed E-state index contributed by atoms with van der Waals surface area (Å²) in [6, 6.07) is 24.1. The monoisotopic (exact) mass is 443 g/mol. The van der Waals surface area contributed by atoms with E-state index in [1.165, 1.54) is 5.56 Å². The van der Waals surface area contributed by atoms with Gasteiger partial charge in [-0.05, 0) is 54.7 Å². The molecule has 0 fully saturated rings. The van der Waals surface area contributed by atoms with Crippen molar-refractivity contribution in [3.63, 3.8) is 0 Å². The predicted octanol–water partition coefficient (Wildman–Crippen LogP) is 5.23. The lowest BCUT2D eigenvalue weighted by molar-refractivity contribution is -0.149. The summed E-state index contributed by atoms with van der Waals surface area (Å²) in [4.78, 5) is 26.4. The number of fused-ring (bicyclic) bond motifs is 2. The van der Waals surface area contributed by atoms with E-state index < -0.39 is 12.1 Å². The van der Waals surface area contributed by atoms with Crippen molar-refractivity contribution in [3.05, 3.63) is 95.1 Å². The van der Waals surface area contributed by atoms with Gasteiger partial charge in [-0.25, -0.2) is 4.79 Å². The second-order valence-corrected chi connectivity index (χ2v) is 8.30. The first-order valence-corrected chi connectivity index (χ1v) is 11.5. The molecule has 0 aliphatic carbocycles. The molecule has 5 nitrogen and oxygen atoms in total. The third kappa shape index (κ3) is 5.32. The lowest BCUT2D eigenvalue weighted by atomic mass is 10.0. The summed E-state index contributed by atoms with van der Waals surface area (Å²) in [5.41, 5.74) is 6.06. The number of hydrogen-bond donors (Lipinski definition) is 1. The highest BCUT2D eigenvalue weighted by Crippen LogP contribution is 2.36. The van der Waals surface area contributed by atoms with Gasteiger partial charge in [0, 0.05) is 37.2 Å². The minimum absolute atomic E-state index is 0.155. The average Bonchev–Trinajstić information content (AvgIpc) is 2.94. The Hall–Kier alpha value is -3.44. The molecule has 0 saturated carbocycles. The van der Waals surface area contributed by atoms with Crippen LogP contribution in [0.3, 0.4) is 0 Å². The zero-order valence-corrected chi connectivity index (χ0v) is 18.9. The van der Waals surface area contributed by atoms with Crippen molar-refractivity contribution in [2.24, 2.45) is 0 Å². The number of aryl methyl sites for hydroxylation is 1. The zero-order valence-electron chi connectivity index (χ0n) is 18.9. The van der Waals surface area contributed by atoms with Gasteiger partial charge in [0.05, 0.1) is 5.69 Å². The van der Waals surface area contributed by atoms with Gasteiger partial charge in [0.15, 0.2) is 11.9 Å². The summed E-state index contributed by atoms with van der Waals surface area (Å²) in [6.07, 6.45) is 1.78. The van der Waals surface area contributed by atoms with E-state index in [4.69, 9.17) is 4.74 Å². The number of carbonyl (C=O) groups excluding carboxylic acids is 1. The van der Waals surface area contributed by atoms with Gasteiger partial charge in [-0.2, -0.15) is 0 Å². The Morgan fingerprint density at radius 2 is 1.64 bits per heavy atom. The highest BCUT2D eigenvalue weighted by molar-refractivity contribution is 6.05. The predicted molar refractivity (Wildman–Crippen MR) is 129 cm³/mol. The van der Waals surface area contributed by atoms with Crippen LogP contribution in [0.25, 0.3) is 0 Å². The number of aliphatic carboxylic acids is 1. The van der Waals surface area contributed by atoms with Crippen LogP contribution in [0.5, 0.6) is 0 Å². The van der Waals surface area contributed by atoms with E-state index in [0.717, 1.165) is 47.5 Å². The molecule has 3 aromatic carbocycles. The van der Waals surface area contributed by atoms with Crippen molar-refractivity contribution in [1.29, 1.82) is 0 Å². The largest absolute Gasteiger partial charge is 0.479 e. The fourth-order valence-corrected chi connectivity index (χ4v) is 4.42. The molecular formula is C28H29NO4. The number of carbonyl (C=O) groups is 2. The number of carboxylic acids is 1. The second-order valence-electron chi connectivity index (χ2n) is 8.30. The second kappa shape index (κ2) is 10.5. The van der Waals surface area contributed by atoms with Crippen LogP contribution in [-0.2, 0) is 28.8 Å². The maximum atomic E-state index is 12.8. The SMILES string of the molecule is CCOC(Cc1ccc(CCCN2c3ccccc3CC(=O)c3ccccc32)cc1)C(=O)O. The molecule has 4 rings (SSSR count). The summed E-state index contributed by atoms with van der Waals surface area (Å²) in [5.74, 6) is -0.778. The van der Waals surface area contributed by atoms with E-state index in [1.807, 2.05) is 54.6 Å². The quantitative estimate of drug-likeness (QED) is 0.491. The summed E-state index contributed by atoms with van der Waals surface area (Å²) < 4.78 is 5.32. The summed E-state index contributed by atoms with van der Waals surface area (Å²) in [5, 5.41) is 9.29. The minimum Gasteiger partial charge on any atom is -0.479 e. The van der Waals surface area contributed by atoms with E-state index >= 15 is 0 Å². The molecule has 170 valence electrons. The topological polar surface area (TPSA) is 66.8 Å². The van der Waals surface area contributed by atoms with E-state index in [1.54, 1.807) is 6.92 Å². The Bertz CT molecular complexity index is 1120. The number of ether oxygens (including phenoxy) is 1. The van der Waals surface area contributed by atoms with Gasteiger partial charge in [-0.1, -0.05) is 54.6 Å². The Labute approximate surface area is 194 Å². The molecule has 1 atom stereocenters. The van der Waals surface area contributed by atoms with Gasteiger partial charge < -0.3 is 14.7 Å². The molecule has 1 heterocycles. The van der Waals surface area contributed by atoms with Gasteiger partial charge in [0.25, 0.3) is 0 Å². The molecule has 0 amide bonds. The zero-order chi connectivity index (χ0) is 23.2. The molecule has 0 aromatic heterocycles. The van der Waals surface area contributed by atoms with E-state index in [0.29, 0.717) is 19.4 Å². The van der Waals surface area contributed by atoms with Gasteiger partial charge in [0.2, 0.25) is 0 Å². The smallest absolute Gasteiger partial charge is 0.333 e. The van der Waals surface area contributed by atoms with Crippen molar-refractivity contribution >= 4 is 23.1 Å². The molecule has 0 radical (unpaired) electrons. The molecule has 0 spiro atoms. The highest BCUT2D eigenvalue weighted by Gasteiger charge is 2.24. The molecule has 5 heteroatoms. The summed E-state index contributed by atoms with van der Waals surface area (Å²) >= 11 is 0. The lowest BCUT2D eigenvalue weighted by Gasteiger charge is -2.26. The normalized spacial score (nSPS) is 13.7. The van der Waals surface area contributed by atoms with E-state index in [-0.39, 0.29) is 5.78 Å². The minimum atomic E-state index is -0.933. The highest BCUT2D eigenvalue weighted by atomic mass is 16.5. The molecule has 1 unspecified atom stereocenters. The van der Waals surface area contributed by atoms with Crippen LogP contribution in [-0.4, -0.2) is 36.1 Å². The van der Waals surface area contributed by atoms with Crippen LogP contribution in [0.4, 0.5) is 11.4 Å². The number of para-hydroxylation sites is 2. The molecule has 1 N–H and O–H groups in total. The van der Waals surface area contributed by atoms with Crippen LogP contribution in [0.1, 0.15) is 40.4 Å². The molecule has 0 saturated heterocycles. The first kappa shape index (κ1) is 22.7. The number of rotatable bonds is 9. The first-order chi connectivity index (χ1) is 16.1. The number of Topliss-reactive ketones (excluding diaryl/α,β-unsaturated/α-hetero) is 1. The number of anilines is 2. The van der Waals surface area contributed by atoms with Crippen LogP contribution < -0.4 is 4.90 Å². The number of hydrogen-bond acceptors (Lipinski definition) is 4. The fourth-order valence-electron chi connectivity index (χ4n) is 4.42. The van der Waals surface area contributed by atoms with Gasteiger partial charge in [-0.3, -0.25) is 4.79 Å². The first-order valence-electron chi connectivity index (χ1n) is 11.5. The van der Waals surface area contributed by atoms with Gasteiger partial charge in [-0.15, -0.1) is 0 Å². The molecular weight excluding hydrogens is 414 g/mol. The van der Waals surface area contributed by atoms with Crippen LogP contribution in [0, 0.1) is 0 Å². The Kier molecular flexibility index (Phi) is 7.20. The summed E-state index contributed by atoms with van der Waals surface area (Å²) in [7, 11) is 0. The van der Waals surface area contributed by atoms with E-state index in [2.05, 4.69) is 23.1 Å². The lowest BCUT2D eigenvalue weighted by Crippen LogP contribution is -2.26. The van der Waals surface area contributed by atoms with Crippen molar-refractivity contribution in [3.8, 4) is 0 Å². The van der Waals surface area contributed by atoms with Crippen LogP contribution >= 0.6 is 0 Å². The Morgan fingerprint density at radius 1 is 0.970 bits per heavy atom. The van der Waals surface area contributed by atoms with Crippen molar-refractivity contribution in [2.75, 3.05) is 18.1 Å². The maximum Gasteiger partial charge on any atom is 0.333 e.